The lowest BCUT2D eigenvalue weighted by Gasteiger charge is -2.28. The molecule has 4 atom stereocenters. The Morgan fingerprint density at radius 3 is 2.48 bits per heavy atom. The van der Waals surface area contributed by atoms with Crippen molar-refractivity contribution < 1.29 is 19.5 Å². The van der Waals surface area contributed by atoms with Crippen molar-refractivity contribution in [1.82, 2.24) is 5.48 Å². The van der Waals surface area contributed by atoms with Gasteiger partial charge in [0.15, 0.2) is 0 Å². The fraction of sp³-hybridized carbons (Fsp3) is 0.955. The maximum absolute atomic E-state index is 11.6. The van der Waals surface area contributed by atoms with E-state index in [2.05, 4.69) is 6.92 Å². The van der Waals surface area contributed by atoms with Crippen LogP contribution < -0.4 is 5.48 Å². The molecular formula is C22H41NO4. The Morgan fingerprint density at radius 1 is 1.07 bits per heavy atom. The van der Waals surface area contributed by atoms with Gasteiger partial charge in [0.25, 0.3) is 0 Å². The molecule has 2 bridgehead atoms. The molecule has 0 aromatic carbocycles. The van der Waals surface area contributed by atoms with Crippen molar-refractivity contribution in [2.75, 3.05) is 13.2 Å². The molecule has 0 aromatic heterocycles. The third-order valence-electron chi connectivity index (χ3n) is 6.60. The minimum atomic E-state index is -0.502. The molecule has 2 fully saturated rings. The normalized spacial score (nSPS) is 27.3. The van der Waals surface area contributed by atoms with E-state index in [4.69, 9.17) is 14.7 Å². The Labute approximate surface area is 165 Å². The lowest BCUT2D eigenvalue weighted by molar-refractivity contribution is -0.138. The lowest BCUT2D eigenvalue weighted by atomic mass is 9.77. The van der Waals surface area contributed by atoms with Crippen molar-refractivity contribution >= 4 is 5.91 Å². The smallest absolute Gasteiger partial charge is 0.248 e. The number of hydrogen-bond donors (Lipinski definition) is 2. The summed E-state index contributed by atoms with van der Waals surface area (Å²) in [6, 6.07) is 0. The molecular weight excluding hydrogens is 342 g/mol. The van der Waals surface area contributed by atoms with Crippen LogP contribution in [0.3, 0.4) is 0 Å². The maximum atomic E-state index is 11.6. The second-order valence-electron chi connectivity index (χ2n) is 9.18. The van der Waals surface area contributed by atoms with Gasteiger partial charge in [0.2, 0.25) is 5.91 Å². The molecule has 2 N–H and O–H groups in total. The first-order valence-corrected chi connectivity index (χ1v) is 11.2. The summed E-state index contributed by atoms with van der Waals surface area (Å²) in [4.78, 5) is 11.6. The van der Waals surface area contributed by atoms with E-state index in [1.54, 1.807) is 5.48 Å². The minimum absolute atomic E-state index is 0.292. The van der Waals surface area contributed by atoms with Crippen molar-refractivity contribution in [2.24, 2.45) is 17.3 Å². The SMILES string of the molecule is CCCCCCOCC1C2CCC(O2)C1CCCCCC(C)(C)C(=O)NO. The van der Waals surface area contributed by atoms with Crippen LogP contribution in [0.4, 0.5) is 0 Å². The average Bonchev–Trinajstić information content (AvgIpc) is 3.25. The Hall–Kier alpha value is -0.650. The molecule has 2 rings (SSSR count). The van der Waals surface area contributed by atoms with Gasteiger partial charge in [-0.15, -0.1) is 0 Å². The number of unbranched alkanes of at least 4 members (excludes halogenated alkanes) is 5. The predicted octanol–water partition coefficient (Wildman–Crippen LogP) is 4.86. The van der Waals surface area contributed by atoms with Crippen molar-refractivity contribution in [2.45, 2.75) is 104 Å². The Kier molecular flexibility index (Phi) is 9.54. The number of fused-ring (bicyclic) bond motifs is 2. The van der Waals surface area contributed by atoms with E-state index in [9.17, 15) is 4.79 Å². The third kappa shape index (κ3) is 6.72. The first kappa shape index (κ1) is 22.6. The van der Waals surface area contributed by atoms with Gasteiger partial charge >= 0.3 is 0 Å². The number of carbonyl (C=O) groups excluding carboxylic acids is 1. The third-order valence-corrected chi connectivity index (χ3v) is 6.60. The number of amides is 1. The van der Waals surface area contributed by atoms with Gasteiger partial charge in [-0.1, -0.05) is 59.3 Å². The zero-order valence-electron chi connectivity index (χ0n) is 17.7. The molecule has 0 aromatic rings. The van der Waals surface area contributed by atoms with Crippen molar-refractivity contribution in [3.63, 3.8) is 0 Å². The Balaban J connectivity index is 1.64. The Morgan fingerprint density at radius 2 is 1.78 bits per heavy atom. The molecule has 5 heteroatoms. The summed E-state index contributed by atoms with van der Waals surface area (Å²) < 4.78 is 12.2. The molecule has 27 heavy (non-hydrogen) atoms. The van der Waals surface area contributed by atoms with Crippen LogP contribution in [0.15, 0.2) is 0 Å². The summed E-state index contributed by atoms with van der Waals surface area (Å²) in [5.41, 5.74) is 1.28. The van der Waals surface area contributed by atoms with E-state index >= 15 is 0 Å². The average molecular weight is 384 g/mol. The van der Waals surface area contributed by atoms with Crippen LogP contribution in [-0.4, -0.2) is 36.5 Å². The monoisotopic (exact) mass is 383 g/mol. The van der Waals surface area contributed by atoms with Gasteiger partial charge in [-0.3, -0.25) is 10.0 Å². The summed E-state index contributed by atoms with van der Waals surface area (Å²) in [6.45, 7) is 7.76. The molecule has 0 radical (unpaired) electrons. The Bertz CT molecular complexity index is 440. The van der Waals surface area contributed by atoms with Crippen LogP contribution >= 0.6 is 0 Å². The zero-order chi connectivity index (χ0) is 19.7. The van der Waals surface area contributed by atoms with E-state index < -0.39 is 5.41 Å². The number of ether oxygens (including phenoxy) is 2. The van der Waals surface area contributed by atoms with Gasteiger partial charge in [-0.2, -0.15) is 0 Å². The molecule has 2 saturated heterocycles. The summed E-state index contributed by atoms with van der Waals surface area (Å²) in [5, 5.41) is 8.81. The summed E-state index contributed by atoms with van der Waals surface area (Å²) >= 11 is 0. The van der Waals surface area contributed by atoms with E-state index in [0.717, 1.165) is 32.5 Å². The fourth-order valence-corrected chi connectivity index (χ4v) is 4.74. The summed E-state index contributed by atoms with van der Waals surface area (Å²) in [5.74, 6) is 0.930. The number of hydroxylamine groups is 1. The molecule has 4 unspecified atom stereocenters. The van der Waals surface area contributed by atoms with Gasteiger partial charge in [-0.05, 0) is 38.0 Å². The molecule has 5 nitrogen and oxygen atoms in total. The number of nitrogens with one attached hydrogen (secondary N) is 1. The zero-order valence-corrected chi connectivity index (χ0v) is 17.7. The van der Waals surface area contributed by atoms with Gasteiger partial charge in [-0.25, -0.2) is 5.48 Å². The first-order valence-electron chi connectivity index (χ1n) is 11.2. The molecule has 2 aliphatic heterocycles. The highest BCUT2D eigenvalue weighted by atomic mass is 16.5. The molecule has 1 amide bonds. The largest absolute Gasteiger partial charge is 0.381 e. The molecule has 2 aliphatic rings. The molecule has 0 spiro atoms. The first-order chi connectivity index (χ1) is 13.0. The topological polar surface area (TPSA) is 67.8 Å². The van der Waals surface area contributed by atoms with Crippen molar-refractivity contribution in [3.8, 4) is 0 Å². The summed E-state index contributed by atoms with van der Waals surface area (Å²) in [6.07, 6.45) is 13.6. The molecule has 0 aliphatic carbocycles. The van der Waals surface area contributed by atoms with Gasteiger partial charge in [0.05, 0.1) is 18.8 Å². The van der Waals surface area contributed by atoms with Crippen LogP contribution in [0.1, 0.15) is 91.4 Å². The standard InChI is InChI=1S/C22H41NO4/c1-4-5-6-10-15-26-16-18-17(19-12-13-20(18)27-19)11-8-7-9-14-22(2,3)21(24)23-25/h17-20,25H,4-16H2,1-3H3,(H,23,24). The van der Waals surface area contributed by atoms with Gasteiger partial charge in [0.1, 0.15) is 0 Å². The molecule has 158 valence electrons. The summed E-state index contributed by atoms with van der Waals surface area (Å²) in [7, 11) is 0. The van der Waals surface area contributed by atoms with E-state index in [1.807, 2.05) is 13.8 Å². The lowest BCUT2D eigenvalue weighted by Crippen LogP contribution is -2.34. The van der Waals surface area contributed by atoms with E-state index in [0.29, 0.717) is 24.0 Å². The highest BCUT2D eigenvalue weighted by molar-refractivity contribution is 5.80. The van der Waals surface area contributed by atoms with Gasteiger partial charge < -0.3 is 9.47 Å². The minimum Gasteiger partial charge on any atom is -0.381 e. The molecule has 0 saturated carbocycles. The highest BCUT2D eigenvalue weighted by Gasteiger charge is 2.48. The number of hydrogen-bond acceptors (Lipinski definition) is 4. The van der Waals surface area contributed by atoms with E-state index in [1.165, 1.54) is 51.4 Å². The van der Waals surface area contributed by atoms with Crippen LogP contribution in [0.25, 0.3) is 0 Å². The maximum Gasteiger partial charge on any atom is 0.248 e. The van der Waals surface area contributed by atoms with Crippen LogP contribution in [-0.2, 0) is 14.3 Å². The molecule has 2 heterocycles. The second kappa shape index (κ2) is 11.4. The quantitative estimate of drug-likeness (QED) is 0.255. The number of carbonyl (C=O) groups is 1. The number of rotatable bonds is 14. The van der Waals surface area contributed by atoms with Crippen LogP contribution in [0.5, 0.6) is 0 Å². The predicted molar refractivity (Wildman–Crippen MR) is 107 cm³/mol. The second-order valence-corrected chi connectivity index (χ2v) is 9.18. The van der Waals surface area contributed by atoms with Crippen molar-refractivity contribution in [1.29, 1.82) is 0 Å². The van der Waals surface area contributed by atoms with Crippen LogP contribution in [0.2, 0.25) is 0 Å². The fourth-order valence-electron chi connectivity index (χ4n) is 4.74. The van der Waals surface area contributed by atoms with Gasteiger partial charge in [0, 0.05) is 17.9 Å². The van der Waals surface area contributed by atoms with Crippen molar-refractivity contribution in [3.05, 3.63) is 0 Å². The highest BCUT2D eigenvalue weighted by Crippen LogP contribution is 2.45. The van der Waals surface area contributed by atoms with Crippen LogP contribution in [0, 0.1) is 17.3 Å². The van der Waals surface area contributed by atoms with E-state index in [-0.39, 0.29) is 5.91 Å².